The van der Waals surface area contributed by atoms with Crippen molar-refractivity contribution >= 4 is 62.0 Å². The Morgan fingerprint density at radius 2 is 1.44 bits per heavy atom. The number of nitrogens with zero attached hydrogens (tertiary/aromatic N) is 2. The van der Waals surface area contributed by atoms with Crippen molar-refractivity contribution in [2.75, 3.05) is 16.4 Å². The predicted molar refractivity (Wildman–Crippen MR) is 180 cm³/mol. The van der Waals surface area contributed by atoms with E-state index >= 15 is 0 Å². The van der Waals surface area contributed by atoms with Gasteiger partial charge in [-0.2, -0.15) is 0 Å². The van der Waals surface area contributed by atoms with Crippen molar-refractivity contribution in [1.82, 2.24) is 0 Å². The van der Waals surface area contributed by atoms with Crippen LogP contribution in [-0.2, 0) is 16.2 Å². The normalized spacial score (nSPS) is 14.4. The second-order valence-electron chi connectivity index (χ2n) is 10.5. The largest absolute Gasteiger partial charge is 0.490 e. The third-order valence-electron chi connectivity index (χ3n) is 7.42. The first-order valence-electron chi connectivity index (χ1n) is 14.5. The van der Waals surface area contributed by atoms with Crippen LogP contribution in [0.3, 0.4) is 0 Å². The Bertz CT molecular complexity index is 1950. The van der Waals surface area contributed by atoms with Gasteiger partial charge in [-0.15, -0.1) is 0 Å². The zero-order chi connectivity index (χ0) is 31.5. The van der Waals surface area contributed by atoms with Crippen LogP contribution in [0.15, 0.2) is 119 Å². The van der Waals surface area contributed by atoms with E-state index in [2.05, 4.69) is 15.9 Å². The van der Waals surface area contributed by atoms with Gasteiger partial charge >= 0.3 is 6.03 Å². The zero-order valence-electron chi connectivity index (χ0n) is 24.7. The number of hydrogen-bond acceptors (Lipinski definition) is 5. The number of fused-ring (bicyclic) bond motifs is 1. The van der Waals surface area contributed by atoms with E-state index in [9.17, 15) is 14.4 Å². The SMILES string of the molecule is CCOc1cc(/C=C2\C(=O)N(c3ccc(C)cc3)C(=O)N(c3cccc4ccccc34)C2=O)cc(Br)c1OCc1ccccc1. The number of aryl methyl sites for hydroxylation is 1. The van der Waals surface area contributed by atoms with Crippen molar-refractivity contribution < 1.29 is 23.9 Å². The van der Waals surface area contributed by atoms with E-state index < -0.39 is 17.8 Å². The van der Waals surface area contributed by atoms with E-state index in [1.54, 1.807) is 36.4 Å². The third kappa shape index (κ3) is 5.97. The van der Waals surface area contributed by atoms with E-state index in [0.717, 1.165) is 26.3 Å². The van der Waals surface area contributed by atoms with Crippen molar-refractivity contribution in [3.8, 4) is 11.5 Å². The van der Waals surface area contributed by atoms with Crippen molar-refractivity contribution in [2.24, 2.45) is 0 Å². The molecule has 1 aliphatic rings. The molecule has 0 unspecified atom stereocenters. The minimum absolute atomic E-state index is 0.171. The predicted octanol–water partition coefficient (Wildman–Crippen LogP) is 8.47. The van der Waals surface area contributed by atoms with Crippen LogP contribution >= 0.6 is 15.9 Å². The van der Waals surface area contributed by atoms with E-state index in [0.29, 0.717) is 51.5 Å². The first-order chi connectivity index (χ1) is 21.9. The summed E-state index contributed by atoms with van der Waals surface area (Å²) in [5, 5.41) is 1.57. The molecular formula is C37H29BrN2O5. The van der Waals surface area contributed by atoms with Gasteiger partial charge in [-0.05, 0) is 82.7 Å². The molecule has 1 aliphatic heterocycles. The number of rotatable bonds is 8. The monoisotopic (exact) mass is 660 g/mol. The minimum Gasteiger partial charge on any atom is -0.490 e. The molecule has 8 heteroatoms. The fourth-order valence-electron chi connectivity index (χ4n) is 5.24. The highest BCUT2D eigenvalue weighted by atomic mass is 79.9. The first kappa shape index (κ1) is 29.8. The molecule has 1 heterocycles. The molecule has 5 aromatic carbocycles. The quantitative estimate of drug-likeness (QED) is 0.123. The van der Waals surface area contributed by atoms with Gasteiger partial charge in [0, 0.05) is 5.39 Å². The Morgan fingerprint density at radius 3 is 2.20 bits per heavy atom. The van der Waals surface area contributed by atoms with Crippen LogP contribution in [0.4, 0.5) is 16.2 Å². The van der Waals surface area contributed by atoms with Crippen molar-refractivity contribution in [1.29, 1.82) is 0 Å². The number of halogens is 1. The molecule has 0 saturated carbocycles. The maximum Gasteiger partial charge on any atom is 0.343 e. The molecule has 0 bridgehead atoms. The highest BCUT2D eigenvalue weighted by Crippen LogP contribution is 2.39. The summed E-state index contributed by atoms with van der Waals surface area (Å²) in [4.78, 5) is 44.3. The summed E-state index contributed by atoms with van der Waals surface area (Å²) in [6, 6.07) is 32.4. The molecule has 0 atom stereocenters. The Kier molecular flexibility index (Phi) is 8.49. The van der Waals surface area contributed by atoms with Gasteiger partial charge in [0.05, 0.1) is 22.5 Å². The summed E-state index contributed by atoms with van der Waals surface area (Å²) in [5.41, 5.74) is 3.06. The first-order valence-corrected chi connectivity index (χ1v) is 15.3. The van der Waals surface area contributed by atoms with Crippen LogP contribution < -0.4 is 19.3 Å². The molecule has 1 saturated heterocycles. The lowest BCUT2D eigenvalue weighted by atomic mass is 10.0. The molecule has 7 nitrogen and oxygen atoms in total. The molecule has 45 heavy (non-hydrogen) atoms. The van der Waals surface area contributed by atoms with Crippen LogP contribution in [0.1, 0.15) is 23.6 Å². The number of ether oxygens (including phenoxy) is 2. The Labute approximate surface area is 269 Å². The number of urea groups is 1. The standard InChI is InChI=1S/C37H29BrN2O5/c1-3-44-33-22-26(21-31(38)34(33)45-23-25-10-5-4-6-11-25)20-30-35(41)39(28-18-16-24(2)17-19-28)37(43)40(36(30)42)32-15-9-13-27-12-7-8-14-29(27)32/h4-22H,3,23H2,1-2H3/b30-20+. The second-order valence-corrected chi connectivity index (χ2v) is 11.3. The lowest BCUT2D eigenvalue weighted by Gasteiger charge is -2.34. The van der Waals surface area contributed by atoms with Crippen LogP contribution in [0.2, 0.25) is 0 Å². The highest BCUT2D eigenvalue weighted by molar-refractivity contribution is 9.10. The second kappa shape index (κ2) is 12.8. The van der Waals surface area contributed by atoms with Crippen molar-refractivity contribution in [3.63, 3.8) is 0 Å². The van der Waals surface area contributed by atoms with E-state index in [4.69, 9.17) is 9.47 Å². The van der Waals surface area contributed by atoms with Crippen LogP contribution in [0.5, 0.6) is 11.5 Å². The molecule has 0 aromatic heterocycles. The van der Waals surface area contributed by atoms with Crippen LogP contribution in [0.25, 0.3) is 16.8 Å². The van der Waals surface area contributed by atoms with Gasteiger partial charge in [0.25, 0.3) is 11.8 Å². The average Bonchev–Trinajstić information content (AvgIpc) is 3.04. The molecule has 0 N–H and O–H groups in total. The molecule has 0 radical (unpaired) electrons. The molecule has 6 rings (SSSR count). The fraction of sp³-hybridized carbons (Fsp3) is 0.108. The molecule has 4 amide bonds. The fourth-order valence-corrected chi connectivity index (χ4v) is 5.81. The Balaban J connectivity index is 1.46. The Hall–Kier alpha value is -5.21. The summed E-state index contributed by atoms with van der Waals surface area (Å²) in [7, 11) is 0. The maximum atomic E-state index is 14.2. The number of carbonyl (C=O) groups excluding carboxylic acids is 3. The topological polar surface area (TPSA) is 76.2 Å². The summed E-state index contributed by atoms with van der Waals surface area (Å²) >= 11 is 3.60. The lowest BCUT2D eigenvalue weighted by molar-refractivity contribution is -0.121. The zero-order valence-corrected chi connectivity index (χ0v) is 26.3. The van der Waals surface area contributed by atoms with Gasteiger partial charge in [-0.25, -0.2) is 14.6 Å². The maximum absolute atomic E-state index is 14.2. The summed E-state index contributed by atoms with van der Waals surface area (Å²) in [6.45, 7) is 4.48. The van der Waals surface area contributed by atoms with Gasteiger partial charge in [0.2, 0.25) is 0 Å². The number of benzene rings is 5. The van der Waals surface area contributed by atoms with Gasteiger partial charge in [-0.1, -0.05) is 84.4 Å². The molecule has 5 aromatic rings. The summed E-state index contributed by atoms with van der Waals surface area (Å²) in [6.07, 6.45) is 1.49. The van der Waals surface area contributed by atoms with Gasteiger partial charge < -0.3 is 9.47 Å². The molecule has 1 fully saturated rings. The lowest BCUT2D eigenvalue weighted by Crippen LogP contribution is -2.57. The molecular weight excluding hydrogens is 632 g/mol. The number of barbiturate groups is 1. The molecule has 0 aliphatic carbocycles. The van der Waals surface area contributed by atoms with E-state index in [-0.39, 0.29) is 5.57 Å². The van der Waals surface area contributed by atoms with Crippen LogP contribution in [0, 0.1) is 6.92 Å². The van der Waals surface area contributed by atoms with Gasteiger partial charge in [0.1, 0.15) is 12.2 Å². The van der Waals surface area contributed by atoms with Gasteiger partial charge in [-0.3, -0.25) is 9.59 Å². The summed E-state index contributed by atoms with van der Waals surface area (Å²) in [5.74, 6) is -0.493. The van der Waals surface area contributed by atoms with Crippen molar-refractivity contribution in [2.45, 2.75) is 20.5 Å². The Morgan fingerprint density at radius 1 is 0.756 bits per heavy atom. The number of imide groups is 2. The molecule has 0 spiro atoms. The third-order valence-corrected chi connectivity index (χ3v) is 8.01. The van der Waals surface area contributed by atoms with Gasteiger partial charge in [0.15, 0.2) is 11.5 Å². The minimum atomic E-state index is -0.747. The van der Waals surface area contributed by atoms with Crippen molar-refractivity contribution in [3.05, 3.63) is 136 Å². The smallest absolute Gasteiger partial charge is 0.343 e. The number of carbonyl (C=O) groups is 3. The highest BCUT2D eigenvalue weighted by Gasteiger charge is 2.44. The van der Waals surface area contributed by atoms with E-state index in [1.165, 1.54) is 6.08 Å². The van der Waals surface area contributed by atoms with Crippen LogP contribution in [-0.4, -0.2) is 24.5 Å². The number of amides is 4. The van der Waals surface area contributed by atoms with E-state index in [1.807, 2.05) is 86.6 Å². The number of hydrogen-bond donors (Lipinski definition) is 0. The molecule has 224 valence electrons. The summed E-state index contributed by atoms with van der Waals surface area (Å²) < 4.78 is 12.6. The number of anilines is 2. The average molecular weight is 662 g/mol.